The zero-order valence-corrected chi connectivity index (χ0v) is 15.9. The SMILES string of the molecule is Cc1ccsc1CNC(=O)N(C)C(C)c1ccc(S(C)(=O)=O)cc1. The minimum atomic E-state index is -3.21. The van der Waals surface area contributed by atoms with Crippen LogP contribution in [0.5, 0.6) is 0 Å². The van der Waals surface area contributed by atoms with E-state index in [1.807, 2.05) is 25.3 Å². The predicted octanol–water partition coefficient (Wildman–Crippen LogP) is 3.36. The highest BCUT2D eigenvalue weighted by atomic mass is 32.2. The van der Waals surface area contributed by atoms with Crippen molar-refractivity contribution in [3.8, 4) is 0 Å². The Bertz CT molecular complexity index is 811. The van der Waals surface area contributed by atoms with Crippen molar-refractivity contribution in [1.29, 1.82) is 0 Å². The number of nitrogens with one attached hydrogen (secondary N) is 1. The Hall–Kier alpha value is -1.86. The third-order valence-electron chi connectivity index (χ3n) is 4.06. The summed E-state index contributed by atoms with van der Waals surface area (Å²) in [7, 11) is -1.48. The summed E-state index contributed by atoms with van der Waals surface area (Å²) in [5.74, 6) is 0. The summed E-state index contributed by atoms with van der Waals surface area (Å²) in [6.07, 6.45) is 1.18. The van der Waals surface area contributed by atoms with E-state index in [4.69, 9.17) is 0 Å². The molecule has 1 aromatic carbocycles. The highest BCUT2D eigenvalue weighted by Gasteiger charge is 2.18. The van der Waals surface area contributed by atoms with Crippen molar-refractivity contribution in [2.24, 2.45) is 0 Å². The largest absolute Gasteiger partial charge is 0.333 e. The Morgan fingerprint density at radius 2 is 1.88 bits per heavy atom. The van der Waals surface area contributed by atoms with Gasteiger partial charge in [0.2, 0.25) is 0 Å². The molecule has 0 radical (unpaired) electrons. The quantitative estimate of drug-likeness (QED) is 0.882. The second-order valence-electron chi connectivity index (χ2n) is 5.81. The van der Waals surface area contributed by atoms with Gasteiger partial charge in [0.05, 0.1) is 17.5 Å². The molecule has 130 valence electrons. The zero-order chi connectivity index (χ0) is 17.9. The van der Waals surface area contributed by atoms with Crippen molar-refractivity contribution in [3.05, 3.63) is 51.7 Å². The lowest BCUT2D eigenvalue weighted by Gasteiger charge is -2.25. The molecule has 1 atom stereocenters. The van der Waals surface area contributed by atoms with Gasteiger partial charge in [-0.05, 0) is 48.6 Å². The molecule has 0 spiro atoms. The van der Waals surface area contributed by atoms with E-state index in [0.29, 0.717) is 6.54 Å². The van der Waals surface area contributed by atoms with E-state index in [1.54, 1.807) is 47.5 Å². The smallest absolute Gasteiger partial charge is 0.317 e. The lowest BCUT2D eigenvalue weighted by molar-refractivity contribution is 0.194. The number of hydrogen-bond donors (Lipinski definition) is 1. The van der Waals surface area contributed by atoms with Gasteiger partial charge in [0, 0.05) is 18.2 Å². The van der Waals surface area contributed by atoms with Crippen LogP contribution in [0.1, 0.15) is 29.0 Å². The number of urea groups is 1. The maximum Gasteiger partial charge on any atom is 0.317 e. The normalized spacial score (nSPS) is 12.7. The van der Waals surface area contributed by atoms with Crippen LogP contribution < -0.4 is 5.32 Å². The number of hydrogen-bond acceptors (Lipinski definition) is 4. The summed E-state index contributed by atoms with van der Waals surface area (Å²) in [6, 6.07) is 8.33. The summed E-state index contributed by atoms with van der Waals surface area (Å²) in [4.78, 5) is 15.3. The van der Waals surface area contributed by atoms with E-state index in [0.717, 1.165) is 10.4 Å². The molecule has 0 fully saturated rings. The van der Waals surface area contributed by atoms with Gasteiger partial charge in [0.15, 0.2) is 9.84 Å². The first-order chi connectivity index (χ1) is 11.2. The van der Waals surface area contributed by atoms with Gasteiger partial charge in [-0.3, -0.25) is 0 Å². The van der Waals surface area contributed by atoms with Gasteiger partial charge in [0.25, 0.3) is 0 Å². The van der Waals surface area contributed by atoms with Crippen molar-refractivity contribution in [3.63, 3.8) is 0 Å². The van der Waals surface area contributed by atoms with E-state index in [-0.39, 0.29) is 17.0 Å². The molecule has 2 amide bonds. The van der Waals surface area contributed by atoms with E-state index >= 15 is 0 Å². The molecule has 7 heteroatoms. The lowest BCUT2D eigenvalue weighted by atomic mass is 10.1. The van der Waals surface area contributed by atoms with Crippen LogP contribution in [0, 0.1) is 6.92 Å². The van der Waals surface area contributed by atoms with Gasteiger partial charge in [-0.2, -0.15) is 0 Å². The number of carbonyl (C=O) groups is 1. The highest BCUT2D eigenvalue weighted by molar-refractivity contribution is 7.90. The number of sulfone groups is 1. The first-order valence-corrected chi connectivity index (χ1v) is 10.3. The minimum Gasteiger partial charge on any atom is -0.333 e. The molecule has 0 aliphatic rings. The third-order valence-corrected chi connectivity index (χ3v) is 6.21. The van der Waals surface area contributed by atoms with Crippen LogP contribution in [-0.4, -0.2) is 32.7 Å². The fraction of sp³-hybridized carbons (Fsp3) is 0.353. The van der Waals surface area contributed by atoms with E-state index in [1.165, 1.54) is 11.8 Å². The van der Waals surface area contributed by atoms with Crippen LogP contribution in [0.25, 0.3) is 0 Å². The lowest BCUT2D eigenvalue weighted by Crippen LogP contribution is -2.38. The monoisotopic (exact) mass is 366 g/mol. The van der Waals surface area contributed by atoms with Crippen molar-refractivity contribution in [2.75, 3.05) is 13.3 Å². The molecule has 1 N–H and O–H groups in total. The number of thiophene rings is 1. The van der Waals surface area contributed by atoms with Crippen LogP contribution in [0.4, 0.5) is 4.79 Å². The average Bonchev–Trinajstić information content (AvgIpc) is 2.95. The van der Waals surface area contributed by atoms with Crippen LogP contribution in [0.3, 0.4) is 0 Å². The minimum absolute atomic E-state index is 0.164. The van der Waals surface area contributed by atoms with Crippen LogP contribution in [0.15, 0.2) is 40.6 Å². The number of carbonyl (C=O) groups excluding carboxylic acids is 1. The van der Waals surface area contributed by atoms with Gasteiger partial charge in [-0.15, -0.1) is 11.3 Å². The maximum absolute atomic E-state index is 12.3. The summed E-state index contributed by atoms with van der Waals surface area (Å²) in [6.45, 7) is 4.44. The van der Waals surface area contributed by atoms with Gasteiger partial charge < -0.3 is 10.2 Å². The Kier molecular flexibility index (Phi) is 5.66. The Morgan fingerprint density at radius 3 is 2.38 bits per heavy atom. The summed E-state index contributed by atoms with van der Waals surface area (Å²) in [5, 5.41) is 4.92. The molecule has 1 aromatic heterocycles. The molecule has 2 rings (SSSR count). The maximum atomic E-state index is 12.3. The van der Waals surface area contributed by atoms with Gasteiger partial charge >= 0.3 is 6.03 Å². The molecule has 0 saturated carbocycles. The van der Waals surface area contributed by atoms with Crippen LogP contribution in [-0.2, 0) is 16.4 Å². The van der Waals surface area contributed by atoms with Gasteiger partial charge in [-0.25, -0.2) is 13.2 Å². The Labute approximate surface area is 147 Å². The number of benzene rings is 1. The van der Waals surface area contributed by atoms with Crippen molar-refractivity contribution < 1.29 is 13.2 Å². The second kappa shape index (κ2) is 7.36. The molecule has 5 nitrogen and oxygen atoms in total. The Morgan fingerprint density at radius 1 is 1.25 bits per heavy atom. The first kappa shape index (κ1) is 18.5. The highest BCUT2D eigenvalue weighted by Crippen LogP contribution is 2.21. The molecule has 24 heavy (non-hydrogen) atoms. The molecule has 1 heterocycles. The number of rotatable bonds is 5. The predicted molar refractivity (Wildman–Crippen MR) is 97.0 cm³/mol. The van der Waals surface area contributed by atoms with E-state index < -0.39 is 9.84 Å². The van der Waals surface area contributed by atoms with E-state index in [2.05, 4.69) is 5.32 Å². The number of nitrogens with zero attached hydrogens (tertiary/aromatic N) is 1. The summed E-state index contributed by atoms with van der Waals surface area (Å²) >= 11 is 1.62. The molecule has 0 aliphatic carbocycles. The molecular formula is C17H22N2O3S2. The first-order valence-electron chi connectivity index (χ1n) is 7.54. The van der Waals surface area contributed by atoms with E-state index in [9.17, 15) is 13.2 Å². The zero-order valence-electron chi connectivity index (χ0n) is 14.2. The topological polar surface area (TPSA) is 66.5 Å². The molecule has 1 unspecified atom stereocenters. The van der Waals surface area contributed by atoms with Crippen LogP contribution >= 0.6 is 11.3 Å². The van der Waals surface area contributed by atoms with Gasteiger partial charge in [-0.1, -0.05) is 12.1 Å². The van der Waals surface area contributed by atoms with Crippen molar-refractivity contribution >= 4 is 27.2 Å². The standard InChI is InChI=1S/C17H22N2O3S2/c1-12-9-10-23-16(12)11-18-17(20)19(3)13(2)14-5-7-15(8-6-14)24(4,21)22/h5-10,13H,11H2,1-4H3,(H,18,20). The molecule has 0 aliphatic heterocycles. The molecule has 2 aromatic rings. The summed E-state index contributed by atoms with van der Waals surface area (Å²) < 4.78 is 23.0. The molecule has 0 bridgehead atoms. The average molecular weight is 367 g/mol. The van der Waals surface area contributed by atoms with Crippen LogP contribution in [0.2, 0.25) is 0 Å². The summed E-state index contributed by atoms with van der Waals surface area (Å²) in [5.41, 5.74) is 2.06. The fourth-order valence-electron chi connectivity index (χ4n) is 2.26. The number of aryl methyl sites for hydroxylation is 1. The number of amides is 2. The van der Waals surface area contributed by atoms with Crippen molar-refractivity contribution in [1.82, 2.24) is 10.2 Å². The second-order valence-corrected chi connectivity index (χ2v) is 8.83. The molecule has 0 saturated heterocycles. The molecular weight excluding hydrogens is 344 g/mol. The fourth-order valence-corrected chi connectivity index (χ4v) is 3.74. The third kappa shape index (κ3) is 4.36. The Balaban J connectivity index is 2.01. The van der Waals surface area contributed by atoms with Gasteiger partial charge in [0.1, 0.15) is 0 Å². The van der Waals surface area contributed by atoms with Crippen molar-refractivity contribution in [2.45, 2.75) is 31.3 Å².